The number of nitrogens with one attached hydrogen (secondary N) is 1. The van der Waals surface area contributed by atoms with Crippen LogP contribution in [0.4, 0.5) is 11.4 Å². The lowest BCUT2D eigenvalue weighted by atomic mass is 10.1. The zero-order chi connectivity index (χ0) is 19.8. The third-order valence-electron chi connectivity index (χ3n) is 4.98. The maximum atomic E-state index is 12.4. The molecule has 3 rings (SSSR count). The number of hydrogen-bond acceptors (Lipinski definition) is 4. The second-order valence-corrected chi connectivity index (χ2v) is 7.36. The summed E-state index contributed by atoms with van der Waals surface area (Å²) >= 11 is 0. The van der Waals surface area contributed by atoms with Crippen molar-refractivity contribution in [1.29, 1.82) is 0 Å². The average Bonchev–Trinajstić information content (AvgIpc) is 2.71. The van der Waals surface area contributed by atoms with Crippen molar-refractivity contribution in [3.05, 3.63) is 54.1 Å². The molecular weight excluding hydrogens is 350 g/mol. The predicted molar refractivity (Wildman–Crippen MR) is 115 cm³/mol. The van der Waals surface area contributed by atoms with Gasteiger partial charge in [0.15, 0.2) is 0 Å². The summed E-state index contributed by atoms with van der Waals surface area (Å²) in [7, 11) is 1.96. The summed E-state index contributed by atoms with van der Waals surface area (Å²) in [5.74, 6) is 0.661. The predicted octanol–water partition coefficient (Wildman–Crippen LogP) is 4.15. The zero-order valence-electron chi connectivity index (χ0n) is 17.0. The highest BCUT2D eigenvalue weighted by Crippen LogP contribution is 2.24. The maximum absolute atomic E-state index is 12.4. The van der Waals surface area contributed by atoms with E-state index in [1.54, 1.807) is 0 Å². The van der Waals surface area contributed by atoms with E-state index >= 15 is 0 Å². The van der Waals surface area contributed by atoms with E-state index in [-0.39, 0.29) is 5.91 Å². The Hall–Kier alpha value is -2.53. The molecule has 150 valence electrons. The number of carbonyl (C=O) groups is 1. The van der Waals surface area contributed by atoms with Crippen molar-refractivity contribution in [3.63, 3.8) is 0 Å². The van der Waals surface area contributed by atoms with E-state index in [1.165, 1.54) is 30.5 Å². The minimum atomic E-state index is -0.0420. The fourth-order valence-electron chi connectivity index (χ4n) is 3.62. The average molecular weight is 382 g/mol. The van der Waals surface area contributed by atoms with Gasteiger partial charge in [-0.15, -0.1) is 0 Å². The molecule has 1 aliphatic rings. The summed E-state index contributed by atoms with van der Waals surface area (Å²) in [6, 6.07) is 16.3. The summed E-state index contributed by atoms with van der Waals surface area (Å²) < 4.78 is 5.57. The summed E-state index contributed by atoms with van der Waals surface area (Å²) in [6.07, 6.45) is 3.91. The Morgan fingerprint density at radius 2 is 1.79 bits per heavy atom. The Morgan fingerprint density at radius 1 is 1.07 bits per heavy atom. The van der Waals surface area contributed by atoms with Gasteiger partial charge in [0.25, 0.3) is 0 Å². The van der Waals surface area contributed by atoms with E-state index in [0.717, 1.165) is 19.6 Å². The number of hydrogen-bond donors (Lipinski definition) is 1. The highest BCUT2D eigenvalue weighted by Gasteiger charge is 2.12. The second-order valence-electron chi connectivity index (χ2n) is 7.36. The second kappa shape index (κ2) is 10.1. The topological polar surface area (TPSA) is 44.8 Å². The van der Waals surface area contributed by atoms with Gasteiger partial charge in [0.1, 0.15) is 5.75 Å². The van der Waals surface area contributed by atoms with E-state index in [4.69, 9.17) is 4.74 Å². The van der Waals surface area contributed by atoms with Crippen LogP contribution in [0.15, 0.2) is 48.5 Å². The van der Waals surface area contributed by atoms with Gasteiger partial charge in [-0.1, -0.05) is 24.3 Å². The number of likely N-dealkylation sites (N-methyl/N-ethyl adjacent to an activating group) is 1. The van der Waals surface area contributed by atoms with Crippen LogP contribution in [0.1, 0.15) is 31.7 Å². The van der Waals surface area contributed by atoms with Gasteiger partial charge in [0, 0.05) is 25.3 Å². The molecule has 1 saturated heterocycles. The molecule has 1 amide bonds. The molecule has 0 aromatic heterocycles. The molecule has 1 N–H and O–H groups in total. The van der Waals surface area contributed by atoms with Crippen molar-refractivity contribution in [1.82, 2.24) is 4.90 Å². The molecule has 1 aliphatic heterocycles. The zero-order valence-corrected chi connectivity index (χ0v) is 17.0. The highest BCUT2D eigenvalue weighted by molar-refractivity contribution is 5.93. The largest absolute Gasteiger partial charge is 0.492 e. The van der Waals surface area contributed by atoms with E-state index in [1.807, 2.05) is 43.1 Å². The fraction of sp³-hybridized carbons (Fsp3) is 0.435. The van der Waals surface area contributed by atoms with Crippen molar-refractivity contribution >= 4 is 17.3 Å². The van der Waals surface area contributed by atoms with Crippen LogP contribution < -0.4 is 15.0 Å². The molecule has 0 bridgehead atoms. The lowest BCUT2D eigenvalue weighted by molar-refractivity contribution is -0.117. The Kier molecular flexibility index (Phi) is 7.31. The first-order valence-electron chi connectivity index (χ1n) is 10.2. The van der Waals surface area contributed by atoms with E-state index < -0.39 is 0 Å². The van der Waals surface area contributed by atoms with Crippen LogP contribution in [-0.4, -0.2) is 44.1 Å². The molecule has 0 saturated carbocycles. The SMILES string of the molecule is CCOc1ccccc1NC(=O)CN(C)Cc1ccc(N2CCCCC2)cc1. The summed E-state index contributed by atoms with van der Waals surface area (Å²) in [4.78, 5) is 16.9. The molecule has 0 radical (unpaired) electrons. The van der Waals surface area contributed by atoms with Gasteiger partial charge < -0.3 is 15.0 Å². The van der Waals surface area contributed by atoms with Crippen LogP contribution >= 0.6 is 0 Å². The highest BCUT2D eigenvalue weighted by atomic mass is 16.5. The number of para-hydroxylation sites is 2. The summed E-state index contributed by atoms with van der Waals surface area (Å²) in [6.45, 7) is 5.88. The molecule has 0 atom stereocenters. The Morgan fingerprint density at radius 3 is 2.50 bits per heavy atom. The first kappa shape index (κ1) is 20.2. The molecule has 2 aromatic carbocycles. The van der Waals surface area contributed by atoms with Gasteiger partial charge in [-0.05, 0) is 63.1 Å². The first-order valence-corrected chi connectivity index (χ1v) is 10.2. The molecule has 0 spiro atoms. The first-order chi connectivity index (χ1) is 13.7. The maximum Gasteiger partial charge on any atom is 0.238 e. The van der Waals surface area contributed by atoms with Crippen LogP contribution in [0, 0.1) is 0 Å². The quantitative estimate of drug-likeness (QED) is 0.746. The molecule has 28 heavy (non-hydrogen) atoms. The molecular formula is C23H31N3O2. The molecule has 2 aromatic rings. The van der Waals surface area contributed by atoms with Gasteiger partial charge in [-0.25, -0.2) is 0 Å². The van der Waals surface area contributed by atoms with Crippen molar-refractivity contribution in [2.45, 2.75) is 32.7 Å². The van der Waals surface area contributed by atoms with Crippen LogP contribution in [-0.2, 0) is 11.3 Å². The van der Waals surface area contributed by atoms with Crippen molar-refractivity contribution in [2.75, 3.05) is 43.5 Å². The number of piperidine rings is 1. The Balaban J connectivity index is 1.51. The summed E-state index contributed by atoms with van der Waals surface area (Å²) in [5, 5.41) is 2.95. The van der Waals surface area contributed by atoms with Crippen LogP contribution in [0.3, 0.4) is 0 Å². The number of rotatable bonds is 8. The van der Waals surface area contributed by atoms with E-state index in [2.05, 4.69) is 34.5 Å². The lowest BCUT2D eigenvalue weighted by Gasteiger charge is -2.29. The van der Waals surface area contributed by atoms with Crippen molar-refractivity contribution < 1.29 is 9.53 Å². The van der Waals surface area contributed by atoms with Crippen molar-refractivity contribution in [2.24, 2.45) is 0 Å². The van der Waals surface area contributed by atoms with Crippen LogP contribution in [0.2, 0.25) is 0 Å². The van der Waals surface area contributed by atoms with Gasteiger partial charge in [-0.2, -0.15) is 0 Å². The molecule has 0 aliphatic carbocycles. The van der Waals surface area contributed by atoms with Gasteiger partial charge in [-0.3, -0.25) is 9.69 Å². The standard InChI is InChI=1S/C23H31N3O2/c1-3-28-22-10-6-5-9-21(22)24-23(27)18-25(2)17-19-11-13-20(14-12-19)26-15-7-4-8-16-26/h5-6,9-14H,3-4,7-8,15-18H2,1-2H3,(H,24,27). The number of anilines is 2. The number of nitrogens with zero attached hydrogens (tertiary/aromatic N) is 2. The van der Waals surface area contributed by atoms with E-state index in [0.29, 0.717) is 24.6 Å². The monoisotopic (exact) mass is 381 g/mol. The van der Waals surface area contributed by atoms with Crippen LogP contribution in [0.25, 0.3) is 0 Å². The third kappa shape index (κ3) is 5.73. The third-order valence-corrected chi connectivity index (χ3v) is 4.98. The molecule has 0 unspecified atom stereocenters. The minimum Gasteiger partial charge on any atom is -0.492 e. The fourth-order valence-corrected chi connectivity index (χ4v) is 3.62. The number of ether oxygens (including phenoxy) is 1. The number of carbonyl (C=O) groups excluding carboxylic acids is 1. The molecule has 1 fully saturated rings. The molecule has 5 nitrogen and oxygen atoms in total. The number of benzene rings is 2. The smallest absolute Gasteiger partial charge is 0.238 e. The van der Waals surface area contributed by atoms with Crippen molar-refractivity contribution in [3.8, 4) is 5.75 Å². The minimum absolute atomic E-state index is 0.0420. The van der Waals surface area contributed by atoms with Gasteiger partial charge in [0.05, 0.1) is 18.8 Å². The Bertz CT molecular complexity index is 755. The molecule has 5 heteroatoms. The normalized spacial score (nSPS) is 14.2. The van der Waals surface area contributed by atoms with Gasteiger partial charge >= 0.3 is 0 Å². The number of amides is 1. The molecule has 1 heterocycles. The summed E-state index contributed by atoms with van der Waals surface area (Å²) in [5.41, 5.74) is 3.23. The lowest BCUT2D eigenvalue weighted by Crippen LogP contribution is -2.30. The van der Waals surface area contributed by atoms with Gasteiger partial charge in [0.2, 0.25) is 5.91 Å². The van der Waals surface area contributed by atoms with Crippen LogP contribution in [0.5, 0.6) is 5.75 Å². The van der Waals surface area contributed by atoms with E-state index in [9.17, 15) is 4.79 Å². The Labute approximate surface area is 168 Å².